The molecular formula is C23H29N3O4S. The lowest BCUT2D eigenvalue weighted by molar-refractivity contribution is -0.119. The highest BCUT2D eigenvalue weighted by molar-refractivity contribution is 7.92. The van der Waals surface area contributed by atoms with Crippen LogP contribution in [0.3, 0.4) is 0 Å². The monoisotopic (exact) mass is 443 g/mol. The van der Waals surface area contributed by atoms with Gasteiger partial charge in [0.1, 0.15) is 12.3 Å². The molecule has 1 saturated carbocycles. The van der Waals surface area contributed by atoms with Gasteiger partial charge >= 0.3 is 0 Å². The molecule has 0 unspecified atom stereocenters. The third-order valence-corrected chi connectivity index (χ3v) is 6.86. The molecule has 31 heavy (non-hydrogen) atoms. The van der Waals surface area contributed by atoms with Crippen molar-refractivity contribution in [3.63, 3.8) is 0 Å². The number of hydrogen-bond acceptors (Lipinski definition) is 5. The molecule has 1 aliphatic rings. The van der Waals surface area contributed by atoms with Gasteiger partial charge < -0.3 is 4.74 Å². The van der Waals surface area contributed by atoms with E-state index in [-0.39, 0.29) is 11.4 Å². The van der Waals surface area contributed by atoms with E-state index in [1.807, 2.05) is 6.92 Å². The largest absolute Gasteiger partial charge is 0.494 e. The average molecular weight is 444 g/mol. The lowest BCUT2D eigenvalue weighted by atomic mass is 10.2. The Kier molecular flexibility index (Phi) is 8.06. The fourth-order valence-corrected chi connectivity index (χ4v) is 4.91. The molecule has 2 aromatic rings. The van der Waals surface area contributed by atoms with E-state index in [4.69, 9.17) is 4.74 Å². The Morgan fingerprint density at radius 1 is 1.00 bits per heavy atom. The Morgan fingerprint density at radius 2 is 1.65 bits per heavy atom. The second-order valence-corrected chi connectivity index (χ2v) is 9.24. The first-order valence-electron chi connectivity index (χ1n) is 10.7. The molecule has 2 aromatic carbocycles. The predicted octanol–water partition coefficient (Wildman–Crippen LogP) is 4.11. The number of anilines is 1. The average Bonchev–Trinajstić information content (AvgIpc) is 3.06. The van der Waals surface area contributed by atoms with Gasteiger partial charge in [0.2, 0.25) is 0 Å². The van der Waals surface area contributed by atoms with Crippen LogP contribution in [0, 0.1) is 0 Å². The van der Waals surface area contributed by atoms with Gasteiger partial charge in [-0.1, -0.05) is 31.0 Å². The normalized spacial score (nSPS) is 14.4. The van der Waals surface area contributed by atoms with E-state index in [9.17, 15) is 13.2 Å². The van der Waals surface area contributed by atoms with Crippen LogP contribution >= 0.6 is 0 Å². The van der Waals surface area contributed by atoms with Crippen LogP contribution in [0.4, 0.5) is 5.69 Å². The number of carbonyl (C=O) groups is 1. The van der Waals surface area contributed by atoms with Gasteiger partial charge in [-0.3, -0.25) is 9.10 Å². The summed E-state index contributed by atoms with van der Waals surface area (Å²) in [4.78, 5) is 12.8. The molecule has 0 bridgehead atoms. The zero-order valence-corrected chi connectivity index (χ0v) is 18.6. The number of sulfonamides is 1. The van der Waals surface area contributed by atoms with Crippen molar-refractivity contribution in [1.82, 2.24) is 5.43 Å². The topological polar surface area (TPSA) is 88.1 Å². The van der Waals surface area contributed by atoms with E-state index in [0.717, 1.165) is 35.7 Å². The summed E-state index contributed by atoms with van der Waals surface area (Å²) in [7, 11) is -3.94. The minimum Gasteiger partial charge on any atom is -0.494 e. The van der Waals surface area contributed by atoms with Crippen LogP contribution in [-0.2, 0) is 14.8 Å². The molecule has 0 heterocycles. The van der Waals surface area contributed by atoms with Crippen LogP contribution in [0.1, 0.15) is 45.4 Å². The summed E-state index contributed by atoms with van der Waals surface area (Å²) in [5.74, 6) is 0.151. The maximum absolute atomic E-state index is 13.3. The lowest BCUT2D eigenvalue weighted by Crippen LogP contribution is -2.39. The number of benzene rings is 2. The van der Waals surface area contributed by atoms with Crippen molar-refractivity contribution >= 4 is 27.3 Å². The van der Waals surface area contributed by atoms with E-state index >= 15 is 0 Å². The molecule has 0 aliphatic heterocycles. The maximum Gasteiger partial charge on any atom is 0.264 e. The van der Waals surface area contributed by atoms with Crippen LogP contribution in [-0.4, -0.2) is 33.2 Å². The second-order valence-electron chi connectivity index (χ2n) is 7.38. The zero-order chi connectivity index (χ0) is 22.1. The maximum atomic E-state index is 13.3. The number of rotatable bonds is 8. The summed E-state index contributed by atoms with van der Waals surface area (Å²) in [5.41, 5.74) is 3.90. The van der Waals surface area contributed by atoms with Crippen LogP contribution in [0.5, 0.6) is 5.75 Å². The molecule has 1 N–H and O–H groups in total. The van der Waals surface area contributed by atoms with E-state index in [1.54, 1.807) is 42.5 Å². The summed E-state index contributed by atoms with van der Waals surface area (Å²) in [6.45, 7) is 2.01. The lowest BCUT2D eigenvalue weighted by Gasteiger charge is -2.24. The number of hydrazone groups is 1. The summed E-state index contributed by atoms with van der Waals surface area (Å²) in [6, 6.07) is 14.7. The van der Waals surface area contributed by atoms with Crippen LogP contribution in [0.15, 0.2) is 64.6 Å². The van der Waals surface area contributed by atoms with Crippen molar-refractivity contribution in [2.24, 2.45) is 5.10 Å². The van der Waals surface area contributed by atoms with Crippen LogP contribution in [0.2, 0.25) is 0 Å². The molecule has 0 aromatic heterocycles. The van der Waals surface area contributed by atoms with Gasteiger partial charge in [0.15, 0.2) is 0 Å². The first kappa shape index (κ1) is 22.8. The van der Waals surface area contributed by atoms with Gasteiger partial charge in [-0.2, -0.15) is 5.10 Å². The Labute approximate surface area is 184 Å². The van der Waals surface area contributed by atoms with Gasteiger partial charge in [0.25, 0.3) is 15.9 Å². The molecular weight excluding hydrogens is 414 g/mol. The van der Waals surface area contributed by atoms with Gasteiger partial charge in [-0.15, -0.1) is 0 Å². The number of ether oxygens (including phenoxy) is 1. The molecule has 0 radical (unpaired) electrons. The van der Waals surface area contributed by atoms with Gasteiger partial charge in [0.05, 0.1) is 17.2 Å². The van der Waals surface area contributed by atoms with Gasteiger partial charge in [-0.05, 0) is 69.0 Å². The number of nitrogens with one attached hydrogen (secondary N) is 1. The Morgan fingerprint density at radius 3 is 2.26 bits per heavy atom. The Bertz CT molecular complexity index is 979. The van der Waals surface area contributed by atoms with Crippen molar-refractivity contribution in [3.8, 4) is 5.75 Å². The number of carbonyl (C=O) groups excluding carboxylic acids is 1. The van der Waals surface area contributed by atoms with E-state index in [2.05, 4.69) is 10.5 Å². The molecule has 166 valence electrons. The van der Waals surface area contributed by atoms with Crippen molar-refractivity contribution in [2.45, 2.75) is 50.3 Å². The molecule has 1 aliphatic carbocycles. The number of nitrogens with zero attached hydrogens (tertiary/aromatic N) is 2. The standard InChI is InChI=1S/C23H29N3O4S/c1-2-30-21-16-14-20(15-17-21)26(31(28,29)22-12-8-5-9-13-22)18-23(27)25-24-19-10-6-3-4-7-11-19/h5,8-9,12-17H,2-4,6-7,10-11,18H2,1H3,(H,25,27). The van der Waals surface area contributed by atoms with Crippen molar-refractivity contribution in [1.29, 1.82) is 0 Å². The summed E-state index contributed by atoms with van der Waals surface area (Å²) < 4.78 is 33.2. The third kappa shape index (κ3) is 6.30. The molecule has 0 saturated heterocycles. The number of hydrogen-bond donors (Lipinski definition) is 1. The van der Waals surface area contributed by atoms with Gasteiger partial charge in [0, 0.05) is 5.71 Å². The molecule has 1 fully saturated rings. The van der Waals surface area contributed by atoms with E-state index < -0.39 is 15.9 Å². The molecule has 0 atom stereocenters. The number of amides is 1. The van der Waals surface area contributed by atoms with E-state index in [1.165, 1.54) is 25.0 Å². The molecule has 8 heteroatoms. The first-order valence-corrected chi connectivity index (χ1v) is 12.1. The highest BCUT2D eigenvalue weighted by atomic mass is 32.2. The minimum absolute atomic E-state index is 0.117. The Balaban J connectivity index is 1.83. The summed E-state index contributed by atoms with van der Waals surface area (Å²) >= 11 is 0. The van der Waals surface area contributed by atoms with Gasteiger partial charge in [-0.25, -0.2) is 13.8 Å². The molecule has 7 nitrogen and oxygen atoms in total. The zero-order valence-electron chi connectivity index (χ0n) is 17.8. The highest BCUT2D eigenvalue weighted by Gasteiger charge is 2.27. The van der Waals surface area contributed by atoms with Crippen LogP contribution in [0.25, 0.3) is 0 Å². The smallest absolute Gasteiger partial charge is 0.264 e. The molecule has 3 rings (SSSR count). The predicted molar refractivity (Wildman–Crippen MR) is 122 cm³/mol. The second kappa shape index (κ2) is 10.9. The summed E-state index contributed by atoms with van der Waals surface area (Å²) in [5, 5.41) is 4.26. The third-order valence-electron chi connectivity index (χ3n) is 5.07. The quantitative estimate of drug-likeness (QED) is 0.491. The van der Waals surface area contributed by atoms with Crippen molar-refractivity contribution in [2.75, 3.05) is 17.5 Å². The molecule has 0 spiro atoms. The molecule has 1 amide bonds. The minimum atomic E-state index is -3.94. The Hall–Kier alpha value is -2.87. The highest BCUT2D eigenvalue weighted by Crippen LogP contribution is 2.25. The fraction of sp³-hybridized carbons (Fsp3) is 0.391. The van der Waals surface area contributed by atoms with E-state index in [0.29, 0.717) is 18.0 Å². The first-order chi connectivity index (χ1) is 15.0. The SMILES string of the molecule is CCOc1ccc(N(CC(=O)NN=C2CCCCCC2)S(=O)(=O)c2ccccc2)cc1. The fourth-order valence-electron chi connectivity index (χ4n) is 3.47. The van der Waals surface area contributed by atoms with Crippen molar-refractivity contribution in [3.05, 3.63) is 54.6 Å². The summed E-state index contributed by atoms with van der Waals surface area (Å²) in [6.07, 6.45) is 6.21. The van der Waals surface area contributed by atoms with Crippen molar-refractivity contribution < 1.29 is 17.9 Å². The van der Waals surface area contributed by atoms with Crippen LogP contribution < -0.4 is 14.5 Å².